The van der Waals surface area contributed by atoms with Crippen LogP contribution in [0.4, 0.5) is 0 Å². The summed E-state index contributed by atoms with van der Waals surface area (Å²) in [6, 6.07) is 7.80. The summed E-state index contributed by atoms with van der Waals surface area (Å²) >= 11 is 0. The minimum atomic E-state index is -0.0650. The lowest BCUT2D eigenvalue weighted by molar-refractivity contribution is -0.133. The zero-order valence-electron chi connectivity index (χ0n) is 15.1. The van der Waals surface area contributed by atoms with Crippen molar-refractivity contribution in [2.24, 2.45) is 11.1 Å². The van der Waals surface area contributed by atoms with E-state index in [2.05, 4.69) is 25.9 Å². The zero-order valence-corrected chi connectivity index (χ0v) is 15.1. The molecule has 5 heteroatoms. The Morgan fingerprint density at radius 1 is 1.38 bits per heavy atom. The molecule has 1 aliphatic rings. The lowest BCUT2D eigenvalue weighted by Crippen LogP contribution is -2.38. The van der Waals surface area contributed by atoms with E-state index < -0.39 is 0 Å². The van der Waals surface area contributed by atoms with Crippen molar-refractivity contribution in [1.29, 1.82) is 0 Å². The van der Waals surface area contributed by atoms with E-state index in [1.165, 1.54) is 0 Å². The fourth-order valence-electron chi connectivity index (χ4n) is 2.79. The molecule has 1 aliphatic heterocycles. The van der Waals surface area contributed by atoms with Crippen LogP contribution in [0.1, 0.15) is 45.6 Å². The quantitative estimate of drug-likeness (QED) is 0.732. The molecule has 0 spiro atoms. The maximum absolute atomic E-state index is 12.4. The number of amides is 1. The summed E-state index contributed by atoms with van der Waals surface area (Å²) in [5.74, 6) is 1.39. The molecule has 1 heterocycles. The van der Waals surface area contributed by atoms with Crippen molar-refractivity contribution >= 4 is 11.6 Å². The predicted octanol–water partition coefficient (Wildman–Crippen LogP) is 3.47. The van der Waals surface area contributed by atoms with Crippen molar-refractivity contribution in [2.45, 2.75) is 46.1 Å². The summed E-state index contributed by atoms with van der Waals surface area (Å²) in [6.45, 7) is 7.59. The Kier molecular flexibility index (Phi) is 6.64. The molecule has 132 valence electrons. The molecule has 1 aromatic rings. The SMILES string of the molecule is CCCN(C[C@H]1CC(c2ccc(OC)cc2)=NO1)C(=O)CC(C)C. The average Bonchev–Trinajstić information content (AvgIpc) is 3.02. The molecule has 0 unspecified atom stereocenters. The fourth-order valence-corrected chi connectivity index (χ4v) is 2.79. The molecular formula is C19H28N2O3. The third-order valence-electron chi connectivity index (χ3n) is 4.01. The molecule has 0 aliphatic carbocycles. The molecule has 1 aromatic carbocycles. The second-order valence-corrected chi connectivity index (χ2v) is 6.64. The van der Waals surface area contributed by atoms with Gasteiger partial charge in [0.25, 0.3) is 0 Å². The van der Waals surface area contributed by atoms with Crippen LogP contribution in [-0.4, -0.2) is 42.8 Å². The maximum atomic E-state index is 12.4. The van der Waals surface area contributed by atoms with Gasteiger partial charge in [0.15, 0.2) is 6.10 Å². The van der Waals surface area contributed by atoms with E-state index in [1.54, 1.807) is 7.11 Å². The van der Waals surface area contributed by atoms with Crippen LogP contribution in [0.5, 0.6) is 5.75 Å². The first kappa shape index (κ1) is 18.3. The molecule has 0 fully saturated rings. The van der Waals surface area contributed by atoms with Crippen LogP contribution < -0.4 is 4.74 Å². The number of carbonyl (C=O) groups excluding carboxylic acids is 1. The number of nitrogens with zero attached hydrogens (tertiary/aromatic N) is 2. The van der Waals surface area contributed by atoms with E-state index >= 15 is 0 Å². The largest absolute Gasteiger partial charge is 0.497 e. The Morgan fingerprint density at radius 3 is 2.67 bits per heavy atom. The van der Waals surface area contributed by atoms with Gasteiger partial charge in [-0.2, -0.15) is 0 Å². The summed E-state index contributed by atoms with van der Waals surface area (Å²) in [6.07, 6.45) is 2.19. The monoisotopic (exact) mass is 332 g/mol. The van der Waals surface area contributed by atoms with E-state index in [9.17, 15) is 4.79 Å². The van der Waals surface area contributed by atoms with Gasteiger partial charge in [0.1, 0.15) is 5.75 Å². The summed E-state index contributed by atoms with van der Waals surface area (Å²) in [5, 5.41) is 4.21. The van der Waals surface area contributed by atoms with Gasteiger partial charge in [0.2, 0.25) is 5.91 Å². The van der Waals surface area contributed by atoms with Crippen molar-refractivity contribution in [3.8, 4) is 5.75 Å². The lowest BCUT2D eigenvalue weighted by Gasteiger charge is -2.25. The number of oxime groups is 1. The first-order chi connectivity index (χ1) is 11.5. The van der Waals surface area contributed by atoms with Crippen LogP contribution in [0, 0.1) is 5.92 Å². The van der Waals surface area contributed by atoms with Crippen molar-refractivity contribution in [3.63, 3.8) is 0 Å². The number of methoxy groups -OCH3 is 1. The average molecular weight is 332 g/mol. The molecule has 0 radical (unpaired) electrons. The van der Waals surface area contributed by atoms with Crippen molar-refractivity contribution in [1.82, 2.24) is 4.90 Å². The van der Waals surface area contributed by atoms with Crippen LogP contribution in [0.15, 0.2) is 29.4 Å². The molecule has 2 rings (SSSR count). The minimum absolute atomic E-state index is 0.0650. The van der Waals surface area contributed by atoms with Crippen LogP contribution in [-0.2, 0) is 9.63 Å². The number of benzene rings is 1. The lowest BCUT2D eigenvalue weighted by atomic mass is 10.0. The molecular weight excluding hydrogens is 304 g/mol. The standard InChI is InChI=1S/C19H28N2O3/c1-5-10-21(19(22)11-14(2)3)13-17-12-18(20-24-17)15-6-8-16(23-4)9-7-15/h6-9,14,17H,5,10-13H2,1-4H3/t17-/m1/s1. The van der Waals surface area contributed by atoms with Crippen molar-refractivity contribution < 1.29 is 14.4 Å². The summed E-state index contributed by atoms with van der Waals surface area (Å²) in [4.78, 5) is 19.9. The number of hydrogen-bond acceptors (Lipinski definition) is 4. The third-order valence-corrected chi connectivity index (χ3v) is 4.01. The smallest absolute Gasteiger partial charge is 0.222 e. The molecule has 0 saturated heterocycles. The Hall–Kier alpha value is -2.04. The van der Waals surface area contributed by atoms with Gasteiger partial charge in [-0.3, -0.25) is 4.79 Å². The summed E-state index contributed by atoms with van der Waals surface area (Å²) in [5.41, 5.74) is 1.96. The normalized spacial score (nSPS) is 16.7. The highest BCUT2D eigenvalue weighted by atomic mass is 16.6. The minimum Gasteiger partial charge on any atom is -0.497 e. The van der Waals surface area contributed by atoms with Crippen molar-refractivity contribution in [2.75, 3.05) is 20.2 Å². The first-order valence-corrected chi connectivity index (χ1v) is 8.68. The van der Waals surface area contributed by atoms with E-state index in [-0.39, 0.29) is 12.0 Å². The number of carbonyl (C=O) groups is 1. The second kappa shape index (κ2) is 8.71. The zero-order chi connectivity index (χ0) is 17.5. The molecule has 0 bridgehead atoms. The molecule has 24 heavy (non-hydrogen) atoms. The highest BCUT2D eigenvalue weighted by Gasteiger charge is 2.26. The Morgan fingerprint density at radius 2 is 2.08 bits per heavy atom. The van der Waals surface area contributed by atoms with Gasteiger partial charge in [0.05, 0.1) is 19.4 Å². The molecule has 1 atom stereocenters. The molecule has 0 saturated carbocycles. The topological polar surface area (TPSA) is 51.1 Å². The van der Waals surface area contributed by atoms with Gasteiger partial charge in [-0.1, -0.05) is 25.9 Å². The number of hydrogen-bond donors (Lipinski definition) is 0. The Balaban J connectivity index is 1.93. The van der Waals surface area contributed by atoms with Gasteiger partial charge in [0, 0.05) is 19.4 Å². The molecule has 5 nitrogen and oxygen atoms in total. The summed E-state index contributed by atoms with van der Waals surface area (Å²) < 4.78 is 5.18. The Bertz CT molecular complexity index is 566. The van der Waals surface area contributed by atoms with E-state index in [4.69, 9.17) is 9.57 Å². The van der Waals surface area contributed by atoms with Gasteiger partial charge in [-0.25, -0.2) is 0 Å². The number of rotatable bonds is 8. The van der Waals surface area contributed by atoms with Crippen LogP contribution in [0.25, 0.3) is 0 Å². The third kappa shape index (κ3) is 4.98. The molecule has 0 N–H and O–H groups in total. The molecule has 1 amide bonds. The van der Waals surface area contributed by atoms with Crippen LogP contribution >= 0.6 is 0 Å². The van der Waals surface area contributed by atoms with E-state index in [1.807, 2.05) is 29.2 Å². The van der Waals surface area contributed by atoms with Gasteiger partial charge in [-0.15, -0.1) is 0 Å². The fraction of sp³-hybridized carbons (Fsp3) is 0.579. The van der Waals surface area contributed by atoms with E-state index in [0.717, 1.165) is 36.4 Å². The maximum Gasteiger partial charge on any atom is 0.222 e. The highest BCUT2D eigenvalue weighted by Crippen LogP contribution is 2.20. The predicted molar refractivity (Wildman–Crippen MR) is 95.3 cm³/mol. The van der Waals surface area contributed by atoms with Crippen LogP contribution in [0.3, 0.4) is 0 Å². The molecule has 0 aromatic heterocycles. The van der Waals surface area contributed by atoms with Gasteiger partial charge in [-0.05, 0) is 42.2 Å². The number of ether oxygens (including phenoxy) is 1. The first-order valence-electron chi connectivity index (χ1n) is 8.68. The van der Waals surface area contributed by atoms with Crippen LogP contribution in [0.2, 0.25) is 0 Å². The second-order valence-electron chi connectivity index (χ2n) is 6.64. The van der Waals surface area contributed by atoms with Crippen molar-refractivity contribution in [3.05, 3.63) is 29.8 Å². The highest BCUT2D eigenvalue weighted by molar-refractivity contribution is 6.01. The van der Waals surface area contributed by atoms with E-state index in [0.29, 0.717) is 18.9 Å². The van der Waals surface area contributed by atoms with Gasteiger partial charge < -0.3 is 14.5 Å². The Labute approximate surface area is 144 Å². The van der Waals surface area contributed by atoms with Gasteiger partial charge >= 0.3 is 0 Å². The summed E-state index contributed by atoms with van der Waals surface area (Å²) in [7, 11) is 1.65.